The minimum atomic E-state index is -0.582. The Balaban J connectivity index is 2.02. The van der Waals surface area contributed by atoms with Gasteiger partial charge in [-0.25, -0.2) is 4.39 Å². The minimum absolute atomic E-state index is 0.147. The third kappa shape index (κ3) is 2.87. The van der Waals surface area contributed by atoms with E-state index in [0.717, 1.165) is 5.56 Å². The predicted molar refractivity (Wildman–Crippen MR) is 69.8 cm³/mol. The second-order valence-electron chi connectivity index (χ2n) is 4.26. The molecule has 0 aliphatic carbocycles. The van der Waals surface area contributed by atoms with Crippen LogP contribution in [0, 0.1) is 5.82 Å². The number of phenolic OH excluding ortho intramolecular Hbond substituents is 1. The Hall–Kier alpha value is -1.87. The number of hydrogen-bond acceptors (Lipinski definition) is 2. The van der Waals surface area contributed by atoms with Gasteiger partial charge in [-0.2, -0.15) is 0 Å². The maximum Gasteiger partial charge on any atom is 0.165 e. The molecule has 94 valence electrons. The number of hydrogen-bond donors (Lipinski definition) is 2. The van der Waals surface area contributed by atoms with E-state index in [1.165, 1.54) is 6.07 Å². The van der Waals surface area contributed by atoms with Crippen molar-refractivity contribution in [2.45, 2.75) is 19.5 Å². The van der Waals surface area contributed by atoms with E-state index in [-0.39, 0.29) is 11.8 Å². The van der Waals surface area contributed by atoms with Gasteiger partial charge in [-0.05, 0) is 18.6 Å². The summed E-state index contributed by atoms with van der Waals surface area (Å²) in [4.78, 5) is 0. The number of rotatable bonds is 4. The summed E-state index contributed by atoms with van der Waals surface area (Å²) in [6, 6.07) is 14.7. The van der Waals surface area contributed by atoms with Crippen molar-refractivity contribution < 1.29 is 9.50 Å². The third-order valence-electron chi connectivity index (χ3n) is 2.97. The molecule has 2 N–H and O–H groups in total. The molecule has 0 aliphatic rings. The third-order valence-corrected chi connectivity index (χ3v) is 2.97. The average molecular weight is 245 g/mol. The van der Waals surface area contributed by atoms with Crippen molar-refractivity contribution in [2.24, 2.45) is 0 Å². The lowest BCUT2D eigenvalue weighted by Crippen LogP contribution is -2.18. The first kappa shape index (κ1) is 12.6. The maximum atomic E-state index is 13.1. The molecule has 0 bridgehead atoms. The Kier molecular flexibility index (Phi) is 3.95. The Morgan fingerprint density at radius 2 is 1.83 bits per heavy atom. The van der Waals surface area contributed by atoms with Crippen LogP contribution in [0.1, 0.15) is 24.1 Å². The fourth-order valence-electron chi connectivity index (χ4n) is 1.83. The van der Waals surface area contributed by atoms with E-state index in [2.05, 4.69) is 5.32 Å². The summed E-state index contributed by atoms with van der Waals surface area (Å²) in [7, 11) is 0. The number of phenols is 1. The molecule has 2 aromatic rings. The van der Waals surface area contributed by atoms with Crippen molar-refractivity contribution in [3.8, 4) is 5.75 Å². The van der Waals surface area contributed by atoms with Crippen LogP contribution in [0.5, 0.6) is 5.75 Å². The SMILES string of the molecule is C[C@H](NCc1cccc(F)c1O)c1ccccc1. The molecule has 2 rings (SSSR count). The van der Waals surface area contributed by atoms with E-state index < -0.39 is 5.82 Å². The number of halogens is 1. The summed E-state index contributed by atoms with van der Waals surface area (Å²) in [6.45, 7) is 2.46. The fraction of sp³-hybridized carbons (Fsp3) is 0.200. The molecule has 0 spiro atoms. The first-order valence-electron chi connectivity index (χ1n) is 5.93. The second-order valence-corrected chi connectivity index (χ2v) is 4.26. The quantitative estimate of drug-likeness (QED) is 0.865. The Morgan fingerprint density at radius 3 is 2.56 bits per heavy atom. The van der Waals surface area contributed by atoms with Crippen LogP contribution >= 0.6 is 0 Å². The Bertz CT molecular complexity index is 513. The second kappa shape index (κ2) is 5.65. The van der Waals surface area contributed by atoms with E-state index in [4.69, 9.17) is 0 Å². The molecular weight excluding hydrogens is 229 g/mol. The molecule has 3 heteroatoms. The molecule has 0 aliphatic heterocycles. The van der Waals surface area contributed by atoms with Crippen LogP contribution in [-0.4, -0.2) is 5.11 Å². The van der Waals surface area contributed by atoms with Gasteiger partial charge in [-0.1, -0.05) is 42.5 Å². The normalized spacial score (nSPS) is 12.3. The van der Waals surface area contributed by atoms with Crippen LogP contribution in [-0.2, 0) is 6.54 Å². The fourth-order valence-corrected chi connectivity index (χ4v) is 1.83. The first-order valence-corrected chi connectivity index (χ1v) is 5.93. The lowest BCUT2D eigenvalue weighted by atomic mass is 10.1. The highest BCUT2D eigenvalue weighted by molar-refractivity contribution is 5.33. The van der Waals surface area contributed by atoms with Gasteiger partial charge in [0.15, 0.2) is 11.6 Å². The number of para-hydroxylation sites is 1. The van der Waals surface area contributed by atoms with E-state index in [1.807, 2.05) is 37.3 Å². The molecule has 1 atom stereocenters. The van der Waals surface area contributed by atoms with E-state index >= 15 is 0 Å². The van der Waals surface area contributed by atoms with Crippen LogP contribution in [0.3, 0.4) is 0 Å². The van der Waals surface area contributed by atoms with Gasteiger partial charge >= 0.3 is 0 Å². The lowest BCUT2D eigenvalue weighted by Gasteiger charge is -2.14. The molecule has 0 fully saturated rings. The number of aromatic hydroxyl groups is 1. The summed E-state index contributed by atoms with van der Waals surface area (Å²) in [6.07, 6.45) is 0. The highest BCUT2D eigenvalue weighted by Gasteiger charge is 2.08. The molecule has 0 radical (unpaired) electrons. The monoisotopic (exact) mass is 245 g/mol. The van der Waals surface area contributed by atoms with Gasteiger partial charge in [-0.15, -0.1) is 0 Å². The van der Waals surface area contributed by atoms with Crippen molar-refractivity contribution in [1.82, 2.24) is 5.32 Å². The summed E-state index contributed by atoms with van der Waals surface area (Å²) in [5.74, 6) is -0.855. The number of benzene rings is 2. The molecule has 0 aromatic heterocycles. The van der Waals surface area contributed by atoms with Crippen molar-refractivity contribution in [3.63, 3.8) is 0 Å². The molecule has 0 heterocycles. The van der Waals surface area contributed by atoms with E-state index in [1.54, 1.807) is 12.1 Å². The molecule has 2 aromatic carbocycles. The van der Waals surface area contributed by atoms with Crippen molar-refractivity contribution in [1.29, 1.82) is 0 Å². The summed E-state index contributed by atoms with van der Waals surface area (Å²) in [5, 5.41) is 12.8. The minimum Gasteiger partial charge on any atom is -0.505 e. The summed E-state index contributed by atoms with van der Waals surface area (Å²) >= 11 is 0. The smallest absolute Gasteiger partial charge is 0.165 e. The van der Waals surface area contributed by atoms with Gasteiger partial charge in [0.25, 0.3) is 0 Å². The zero-order valence-electron chi connectivity index (χ0n) is 10.2. The van der Waals surface area contributed by atoms with E-state index in [0.29, 0.717) is 12.1 Å². The van der Waals surface area contributed by atoms with Crippen LogP contribution in [0.15, 0.2) is 48.5 Å². The first-order chi connectivity index (χ1) is 8.68. The number of nitrogens with one attached hydrogen (secondary N) is 1. The Morgan fingerprint density at radius 1 is 1.11 bits per heavy atom. The maximum absolute atomic E-state index is 13.1. The summed E-state index contributed by atoms with van der Waals surface area (Å²) < 4.78 is 13.1. The van der Waals surface area contributed by atoms with Gasteiger partial charge < -0.3 is 10.4 Å². The van der Waals surface area contributed by atoms with Crippen LogP contribution in [0.2, 0.25) is 0 Å². The highest BCUT2D eigenvalue weighted by Crippen LogP contribution is 2.21. The molecule has 2 nitrogen and oxygen atoms in total. The van der Waals surface area contributed by atoms with Crippen molar-refractivity contribution in [3.05, 3.63) is 65.5 Å². The zero-order valence-corrected chi connectivity index (χ0v) is 10.2. The van der Waals surface area contributed by atoms with Crippen molar-refractivity contribution >= 4 is 0 Å². The molecule has 0 saturated heterocycles. The zero-order chi connectivity index (χ0) is 13.0. The topological polar surface area (TPSA) is 32.3 Å². The Labute approximate surface area is 106 Å². The average Bonchev–Trinajstić information content (AvgIpc) is 2.41. The van der Waals surface area contributed by atoms with Gasteiger partial charge in [-0.3, -0.25) is 0 Å². The van der Waals surface area contributed by atoms with Crippen LogP contribution < -0.4 is 5.32 Å². The summed E-state index contributed by atoms with van der Waals surface area (Å²) in [5.41, 5.74) is 1.73. The van der Waals surface area contributed by atoms with Gasteiger partial charge in [0.05, 0.1) is 0 Å². The molecule has 0 amide bonds. The standard InChI is InChI=1S/C15H16FNO/c1-11(12-6-3-2-4-7-12)17-10-13-8-5-9-14(16)15(13)18/h2-9,11,17-18H,10H2,1H3/t11-/m0/s1. The largest absolute Gasteiger partial charge is 0.505 e. The predicted octanol–water partition coefficient (Wildman–Crippen LogP) is 3.38. The van der Waals surface area contributed by atoms with E-state index in [9.17, 15) is 9.50 Å². The molecule has 0 unspecified atom stereocenters. The van der Waals surface area contributed by atoms with Gasteiger partial charge in [0.2, 0.25) is 0 Å². The molecule has 0 saturated carbocycles. The van der Waals surface area contributed by atoms with Gasteiger partial charge in [0.1, 0.15) is 0 Å². The van der Waals surface area contributed by atoms with Crippen LogP contribution in [0.25, 0.3) is 0 Å². The van der Waals surface area contributed by atoms with Gasteiger partial charge in [0, 0.05) is 18.2 Å². The molecule has 18 heavy (non-hydrogen) atoms. The molecular formula is C15H16FNO. The van der Waals surface area contributed by atoms with Crippen LogP contribution in [0.4, 0.5) is 4.39 Å². The lowest BCUT2D eigenvalue weighted by molar-refractivity contribution is 0.421. The highest BCUT2D eigenvalue weighted by atomic mass is 19.1. The van der Waals surface area contributed by atoms with Crippen molar-refractivity contribution in [2.75, 3.05) is 0 Å².